The summed E-state index contributed by atoms with van der Waals surface area (Å²) in [5.41, 5.74) is 1.74. The first-order chi connectivity index (χ1) is 19.1. The average molecular weight is 563 g/mol. The van der Waals surface area contributed by atoms with Crippen LogP contribution in [0.15, 0.2) is 72.8 Å². The standard InChI is InChI=1S/C32H36F6N2/c33-31(34,35)27-20-40(21-28(32(36,37)38)30(27)24-13-5-2-6-14-24)29(19-39-18-22-10-3-1-4-11-22)26-17-9-15-23-12-7-8-16-25(23)26/h1,3-4,7-12,15-17,24,27-30,39H,2,5-6,13-14,18-21H2. The van der Waals surface area contributed by atoms with Gasteiger partial charge in [-0.2, -0.15) is 26.3 Å². The number of likely N-dealkylation sites (tertiary alicyclic amines) is 1. The zero-order valence-electron chi connectivity index (χ0n) is 22.4. The number of benzene rings is 3. The van der Waals surface area contributed by atoms with Gasteiger partial charge in [0, 0.05) is 32.2 Å². The lowest BCUT2D eigenvalue weighted by Gasteiger charge is -2.50. The highest BCUT2D eigenvalue weighted by atomic mass is 19.4. The molecule has 1 saturated carbocycles. The van der Waals surface area contributed by atoms with Crippen molar-refractivity contribution in [3.8, 4) is 0 Å². The van der Waals surface area contributed by atoms with Gasteiger partial charge in [-0.15, -0.1) is 0 Å². The van der Waals surface area contributed by atoms with Gasteiger partial charge in [-0.3, -0.25) is 4.90 Å². The van der Waals surface area contributed by atoms with Gasteiger partial charge in [0.2, 0.25) is 0 Å². The van der Waals surface area contributed by atoms with Crippen molar-refractivity contribution in [1.82, 2.24) is 10.2 Å². The summed E-state index contributed by atoms with van der Waals surface area (Å²) in [4.78, 5) is 1.47. The van der Waals surface area contributed by atoms with E-state index in [9.17, 15) is 26.3 Å². The SMILES string of the molecule is FC(F)(F)C1CN(C(CNCc2ccccc2)c2cccc3ccccc23)CC(C(F)(F)F)C1C1CCCCC1. The number of halogens is 6. The summed E-state index contributed by atoms with van der Waals surface area (Å²) in [6.07, 6.45) is -6.29. The van der Waals surface area contributed by atoms with Crippen LogP contribution in [0, 0.1) is 23.7 Å². The molecule has 5 rings (SSSR count). The molecule has 1 N–H and O–H groups in total. The van der Waals surface area contributed by atoms with Crippen LogP contribution in [0.25, 0.3) is 10.8 Å². The Morgan fingerprint density at radius 1 is 0.725 bits per heavy atom. The second-order valence-corrected chi connectivity index (χ2v) is 11.4. The zero-order valence-corrected chi connectivity index (χ0v) is 22.4. The molecule has 40 heavy (non-hydrogen) atoms. The van der Waals surface area contributed by atoms with Crippen molar-refractivity contribution in [1.29, 1.82) is 0 Å². The van der Waals surface area contributed by atoms with Gasteiger partial charge in [-0.25, -0.2) is 0 Å². The van der Waals surface area contributed by atoms with E-state index in [-0.39, 0.29) is 6.54 Å². The van der Waals surface area contributed by atoms with Crippen molar-refractivity contribution >= 4 is 10.8 Å². The predicted octanol–water partition coefficient (Wildman–Crippen LogP) is 8.54. The number of alkyl halides is 6. The van der Waals surface area contributed by atoms with Crippen LogP contribution in [0.5, 0.6) is 0 Å². The first-order valence-corrected chi connectivity index (χ1v) is 14.2. The molecule has 216 valence electrons. The van der Waals surface area contributed by atoms with Crippen LogP contribution in [0.4, 0.5) is 26.3 Å². The van der Waals surface area contributed by atoms with Crippen LogP contribution >= 0.6 is 0 Å². The van der Waals surface area contributed by atoms with Gasteiger partial charge in [0.05, 0.1) is 11.8 Å². The Kier molecular flexibility index (Phi) is 8.76. The van der Waals surface area contributed by atoms with E-state index in [2.05, 4.69) is 5.32 Å². The minimum atomic E-state index is -4.72. The smallest absolute Gasteiger partial charge is 0.311 e. The van der Waals surface area contributed by atoms with E-state index in [1.54, 1.807) is 0 Å². The lowest BCUT2D eigenvalue weighted by atomic mass is 9.65. The second kappa shape index (κ2) is 12.1. The second-order valence-electron chi connectivity index (χ2n) is 11.4. The maximum atomic E-state index is 14.7. The highest BCUT2D eigenvalue weighted by molar-refractivity contribution is 5.86. The molecule has 3 aromatic rings. The molecule has 3 unspecified atom stereocenters. The summed E-state index contributed by atoms with van der Waals surface area (Å²) in [5.74, 6) is -6.05. The molecule has 0 radical (unpaired) electrons. The van der Waals surface area contributed by atoms with Crippen LogP contribution in [0.1, 0.15) is 49.3 Å². The maximum absolute atomic E-state index is 14.7. The van der Waals surface area contributed by atoms with Gasteiger partial charge in [0.15, 0.2) is 0 Å². The summed E-state index contributed by atoms with van der Waals surface area (Å²) in [7, 11) is 0. The van der Waals surface area contributed by atoms with Crippen molar-refractivity contribution in [2.24, 2.45) is 23.7 Å². The molecule has 0 amide bonds. The Labute approximate surface area is 231 Å². The molecule has 1 aliphatic heterocycles. The van der Waals surface area contributed by atoms with E-state index in [1.807, 2.05) is 72.8 Å². The number of hydrogen-bond acceptors (Lipinski definition) is 2. The Balaban J connectivity index is 1.52. The molecule has 0 bridgehead atoms. The Bertz CT molecular complexity index is 1210. The van der Waals surface area contributed by atoms with Gasteiger partial charge in [-0.05, 0) is 33.7 Å². The molecule has 1 saturated heterocycles. The normalized spacial score (nSPS) is 24.3. The fourth-order valence-corrected chi connectivity index (χ4v) is 7.10. The summed E-state index contributed by atoms with van der Waals surface area (Å²) in [5, 5.41) is 5.09. The van der Waals surface area contributed by atoms with Crippen molar-refractivity contribution in [3.05, 3.63) is 83.9 Å². The molecule has 8 heteroatoms. The van der Waals surface area contributed by atoms with E-state index < -0.39 is 55.2 Å². The van der Waals surface area contributed by atoms with Crippen molar-refractivity contribution in [2.45, 2.75) is 57.0 Å². The van der Waals surface area contributed by atoms with Crippen LogP contribution in [-0.2, 0) is 6.54 Å². The highest BCUT2D eigenvalue weighted by Gasteiger charge is 2.60. The van der Waals surface area contributed by atoms with Crippen molar-refractivity contribution in [2.75, 3.05) is 19.6 Å². The first-order valence-electron chi connectivity index (χ1n) is 14.2. The van der Waals surface area contributed by atoms with E-state index in [1.165, 1.54) is 4.90 Å². The van der Waals surface area contributed by atoms with E-state index in [4.69, 9.17) is 0 Å². The minimum absolute atomic E-state index is 0.228. The zero-order chi connectivity index (χ0) is 28.3. The first kappa shape index (κ1) is 28.9. The largest absolute Gasteiger partial charge is 0.393 e. The minimum Gasteiger partial charge on any atom is -0.311 e. The summed E-state index contributed by atoms with van der Waals surface area (Å²) >= 11 is 0. The van der Waals surface area contributed by atoms with Crippen LogP contribution in [0.3, 0.4) is 0 Å². The van der Waals surface area contributed by atoms with Crippen LogP contribution < -0.4 is 5.32 Å². The van der Waals surface area contributed by atoms with Gasteiger partial charge in [-0.1, -0.05) is 105 Å². The van der Waals surface area contributed by atoms with E-state index in [0.29, 0.717) is 32.2 Å². The number of fused-ring (bicyclic) bond motifs is 1. The summed E-state index contributed by atoms with van der Waals surface area (Å²) < 4.78 is 88.0. The molecule has 2 aliphatic rings. The topological polar surface area (TPSA) is 15.3 Å². The third-order valence-corrected chi connectivity index (χ3v) is 8.96. The van der Waals surface area contributed by atoms with Crippen LogP contribution in [-0.4, -0.2) is 36.9 Å². The van der Waals surface area contributed by atoms with Gasteiger partial charge in [0.1, 0.15) is 0 Å². The number of nitrogens with zero attached hydrogens (tertiary/aromatic N) is 1. The monoisotopic (exact) mass is 562 g/mol. The lowest BCUT2D eigenvalue weighted by Crippen LogP contribution is -2.58. The summed E-state index contributed by atoms with van der Waals surface area (Å²) in [6.45, 7) is -0.172. The molecule has 2 nitrogen and oxygen atoms in total. The third-order valence-electron chi connectivity index (χ3n) is 8.96. The van der Waals surface area contributed by atoms with Crippen molar-refractivity contribution < 1.29 is 26.3 Å². The summed E-state index contributed by atoms with van der Waals surface area (Å²) in [6, 6.07) is 22.1. The maximum Gasteiger partial charge on any atom is 0.393 e. The van der Waals surface area contributed by atoms with Crippen molar-refractivity contribution in [3.63, 3.8) is 0 Å². The Morgan fingerprint density at radius 2 is 1.32 bits per heavy atom. The number of nitrogens with one attached hydrogen (secondary N) is 1. The molecule has 2 fully saturated rings. The molecule has 1 aliphatic carbocycles. The number of hydrogen-bond donors (Lipinski definition) is 1. The molecule has 3 aromatic carbocycles. The molecular formula is C32H36F6N2. The molecule has 0 aromatic heterocycles. The fourth-order valence-electron chi connectivity index (χ4n) is 7.10. The highest BCUT2D eigenvalue weighted by Crippen LogP contribution is 2.52. The molecular weight excluding hydrogens is 526 g/mol. The fraction of sp³-hybridized carbons (Fsp3) is 0.500. The Morgan fingerprint density at radius 3 is 1.98 bits per heavy atom. The predicted molar refractivity (Wildman–Crippen MR) is 146 cm³/mol. The van der Waals surface area contributed by atoms with Gasteiger partial charge < -0.3 is 5.32 Å². The number of piperidine rings is 1. The average Bonchev–Trinajstić information content (AvgIpc) is 2.95. The quantitative estimate of drug-likeness (QED) is 0.290. The third kappa shape index (κ3) is 6.49. The van der Waals surface area contributed by atoms with Gasteiger partial charge in [0.25, 0.3) is 0 Å². The van der Waals surface area contributed by atoms with Gasteiger partial charge >= 0.3 is 12.4 Å². The molecule has 0 spiro atoms. The van der Waals surface area contributed by atoms with Crippen LogP contribution in [0.2, 0.25) is 0 Å². The van der Waals surface area contributed by atoms with E-state index in [0.717, 1.165) is 28.3 Å². The lowest BCUT2D eigenvalue weighted by molar-refractivity contribution is -0.266. The molecule has 3 atom stereocenters. The van der Waals surface area contributed by atoms with E-state index >= 15 is 0 Å². The Hall–Kier alpha value is -2.58. The number of rotatable bonds is 7. The molecule has 1 heterocycles.